The van der Waals surface area contributed by atoms with Crippen LogP contribution in [0.4, 0.5) is 0 Å². The minimum absolute atomic E-state index is 0.599. The molecule has 1 aliphatic heterocycles. The SMILES string of the molecule is OC(c1ccc2c(c1)CCO2)c1cc(Cl)cs1. The fraction of sp³-hybridized carbons (Fsp3) is 0.231. The number of fused-ring (bicyclic) bond motifs is 1. The molecule has 2 nitrogen and oxygen atoms in total. The smallest absolute Gasteiger partial charge is 0.122 e. The quantitative estimate of drug-likeness (QED) is 0.903. The second-order valence-electron chi connectivity index (χ2n) is 4.04. The van der Waals surface area contributed by atoms with Crippen LogP contribution in [-0.4, -0.2) is 11.7 Å². The first-order valence-corrected chi connectivity index (χ1v) is 6.67. The molecule has 0 spiro atoms. The normalized spacial score (nSPS) is 15.4. The molecule has 1 atom stereocenters. The van der Waals surface area contributed by atoms with E-state index < -0.39 is 6.10 Å². The van der Waals surface area contributed by atoms with Crippen molar-refractivity contribution in [1.82, 2.24) is 0 Å². The lowest BCUT2D eigenvalue weighted by Gasteiger charge is -2.10. The fourth-order valence-corrected chi connectivity index (χ4v) is 3.11. The molecule has 0 saturated carbocycles. The summed E-state index contributed by atoms with van der Waals surface area (Å²) < 4.78 is 5.44. The number of ether oxygens (including phenoxy) is 1. The van der Waals surface area contributed by atoms with Gasteiger partial charge in [-0.2, -0.15) is 0 Å². The predicted molar refractivity (Wildman–Crippen MR) is 69.0 cm³/mol. The Morgan fingerprint density at radius 1 is 1.35 bits per heavy atom. The largest absolute Gasteiger partial charge is 0.493 e. The summed E-state index contributed by atoms with van der Waals surface area (Å²) in [5.74, 6) is 0.935. The summed E-state index contributed by atoms with van der Waals surface area (Å²) in [7, 11) is 0. The first kappa shape index (κ1) is 11.1. The maximum atomic E-state index is 10.2. The molecule has 0 saturated heterocycles. The molecule has 88 valence electrons. The summed E-state index contributed by atoms with van der Waals surface area (Å²) in [6.45, 7) is 0.736. The minimum atomic E-state index is -0.599. The Balaban J connectivity index is 1.94. The Morgan fingerprint density at radius 3 is 3.00 bits per heavy atom. The van der Waals surface area contributed by atoms with Gasteiger partial charge in [-0.3, -0.25) is 0 Å². The Bertz CT molecular complexity index is 550. The van der Waals surface area contributed by atoms with Gasteiger partial charge in [0, 0.05) is 16.7 Å². The summed E-state index contributed by atoms with van der Waals surface area (Å²) in [4.78, 5) is 0.869. The van der Waals surface area contributed by atoms with Crippen molar-refractivity contribution in [1.29, 1.82) is 0 Å². The molecule has 3 rings (SSSR count). The first-order chi connectivity index (χ1) is 8.24. The molecular formula is C13H11ClO2S. The number of hydrogen-bond donors (Lipinski definition) is 1. The van der Waals surface area contributed by atoms with Crippen LogP contribution >= 0.6 is 22.9 Å². The second-order valence-corrected chi connectivity index (χ2v) is 5.41. The van der Waals surface area contributed by atoms with Crippen LogP contribution in [0.5, 0.6) is 5.75 Å². The molecule has 1 N–H and O–H groups in total. The number of aliphatic hydroxyl groups excluding tert-OH is 1. The van der Waals surface area contributed by atoms with E-state index in [1.165, 1.54) is 16.9 Å². The van der Waals surface area contributed by atoms with Crippen molar-refractivity contribution in [3.05, 3.63) is 50.7 Å². The lowest BCUT2D eigenvalue weighted by atomic mass is 10.0. The molecule has 1 aromatic carbocycles. The molecule has 0 fully saturated rings. The van der Waals surface area contributed by atoms with Crippen LogP contribution in [0.2, 0.25) is 5.02 Å². The minimum Gasteiger partial charge on any atom is -0.493 e. The Kier molecular flexibility index (Phi) is 2.82. The van der Waals surface area contributed by atoms with Gasteiger partial charge in [0.1, 0.15) is 11.9 Å². The van der Waals surface area contributed by atoms with Gasteiger partial charge in [-0.05, 0) is 29.3 Å². The van der Waals surface area contributed by atoms with Crippen LogP contribution in [0.25, 0.3) is 0 Å². The molecule has 0 amide bonds. The summed E-state index contributed by atoms with van der Waals surface area (Å²) >= 11 is 7.34. The van der Waals surface area contributed by atoms with E-state index >= 15 is 0 Å². The highest BCUT2D eigenvalue weighted by molar-refractivity contribution is 7.10. The van der Waals surface area contributed by atoms with E-state index in [-0.39, 0.29) is 0 Å². The Labute approximate surface area is 108 Å². The van der Waals surface area contributed by atoms with Crippen molar-refractivity contribution >= 4 is 22.9 Å². The third-order valence-corrected chi connectivity index (χ3v) is 4.22. The average Bonchev–Trinajstić information content (AvgIpc) is 2.95. The fourth-order valence-electron chi connectivity index (χ4n) is 2.01. The zero-order valence-corrected chi connectivity index (χ0v) is 10.6. The first-order valence-electron chi connectivity index (χ1n) is 5.41. The van der Waals surface area contributed by atoms with Crippen LogP contribution in [0, 0.1) is 0 Å². The molecule has 1 aliphatic rings. The molecule has 1 aromatic heterocycles. The van der Waals surface area contributed by atoms with Crippen molar-refractivity contribution in [2.75, 3.05) is 6.61 Å². The van der Waals surface area contributed by atoms with Crippen LogP contribution in [0.15, 0.2) is 29.6 Å². The summed E-state index contributed by atoms with van der Waals surface area (Å²) in [6, 6.07) is 7.65. The highest BCUT2D eigenvalue weighted by Crippen LogP contribution is 2.33. The lowest BCUT2D eigenvalue weighted by molar-refractivity contribution is 0.224. The number of aliphatic hydroxyl groups is 1. The van der Waals surface area contributed by atoms with E-state index in [0.717, 1.165) is 29.2 Å². The molecule has 0 radical (unpaired) electrons. The van der Waals surface area contributed by atoms with Crippen LogP contribution < -0.4 is 4.74 Å². The summed E-state index contributed by atoms with van der Waals surface area (Å²) in [5, 5.41) is 12.8. The maximum absolute atomic E-state index is 10.2. The van der Waals surface area contributed by atoms with Gasteiger partial charge in [0.25, 0.3) is 0 Å². The van der Waals surface area contributed by atoms with Crippen molar-refractivity contribution in [2.24, 2.45) is 0 Å². The highest BCUT2D eigenvalue weighted by Gasteiger charge is 2.17. The molecule has 17 heavy (non-hydrogen) atoms. The number of benzene rings is 1. The number of rotatable bonds is 2. The van der Waals surface area contributed by atoms with Gasteiger partial charge in [-0.1, -0.05) is 17.7 Å². The van der Waals surface area contributed by atoms with Gasteiger partial charge in [-0.25, -0.2) is 0 Å². The van der Waals surface area contributed by atoms with Gasteiger partial charge >= 0.3 is 0 Å². The van der Waals surface area contributed by atoms with E-state index in [2.05, 4.69) is 0 Å². The molecule has 2 heterocycles. The van der Waals surface area contributed by atoms with Crippen LogP contribution in [0.1, 0.15) is 22.1 Å². The molecule has 1 unspecified atom stereocenters. The van der Waals surface area contributed by atoms with Crippen molar-refractivity contribution < 1.29 is 9.84 Å². The molecule has 0 aliphatic carbocycles. The third kappa shape index (κ3) is 2.06. The van der Waals surface area contributed by atoms with Crippen molar-refractivity contribution in [2.45, 2.75) is 12.5 Å². The van der Waals surface area contributed by atoms with E-state index in [0.29, 0.717) is 5.02 Å². The van der Waals surface area contributed by atoms with Gasteiger partial charge < -0.3 is 9.84 Å². The average molecular weight is 267 g/mol. The van der Waals surface area contributed by atoms with Crippen LogP contribution in [-0.2, 0) is 6.42 Å². The number of hydrogen-bond acceptors (Lipinski definition) is 3. The van der Waals surface area contributed by atoms with E-state index in [1.54, 1.807) is 6.07 Å². The van der Waals surface area contributed by atoms with E-state index in [9.17, 15) is 5.11 Å². The Hall–Kier alpha value is -1.03. The van der Waals surface area contributed by atoms with Gasteiger partial charge in [0.2, 0.25) is 0 Å². The number of thiophene rings is 1. The predicted octanol–water partition coefficient (Wildman–Crippen LogP) is 3.42. The van der Waals surface area contributed by atoms with Crippen molar-refractivity contribution in [3.63, 3.8) is 0 Å². The Morgan fingerprint density at radius 2 is 2.24 bits per heavy atom. The topological polar surface area (TPSA) is 29.5 Å². The molecule has 4 heteroatoms. The highest BCUT2D eigenvalue weighted by atomic mass is 35.5. The van der Waals surface area contributed by atoms with Gasteiger partial charge in [0.05, 0.1) is 11.6 Å². The zero-order chi connectivity index (χ0) is 11.8. The number of halogens is 1. The van der Waals surface area contributed by atoms with Crippen LogP contribution in [0.3, 0.4) is 0 Å². The van der Waals surface area contributed by atoms with E-state index in [4.69, 9.17) is 16.3 Å². The maximum Gasteiger partial charge on any atom is 0.122 e. The summed E-state index contributed by atoms with van der Waals surface area (Å²) in [6.07, 6.45) is 0.319. The monoisotopic (exact) mass is 266 g/mol. The molecule has 0 bridgehead atoms. The van der Waals surface area contributed by atoms with Gasteiger partial charge in [-0.15, -0.1) is 11.3 Å². The van der Waals surface area contributed by atoms with Gasteiger partial charge in [0.15, 0.2) is 0 Å². The molecule has 2 aromatic rings. The standard InChI is InChI=1S/C13H11ClO2S/c14-10-6-12(17-7-10)13(15)9-1-2-11-8(5-9)3-4-16-11/h1-2,5-7,13,15H,3-4H2. The lowest BCUT2D eigenvalue weighted by Crippen LogP contribution is -1.97. The van der Waals surface area contributed by atoms with E-state index in [1.807, 2.05) is 23.6 Å². The second kappa shape index (κ2) is 4.33. The van der Waals surface area contributed by atoms with Crippen molar-refractivity contribution in [3.8, 4) is 5.75 Å². The summed E-state index contributed by atoms with van der Waals surface area (Å²) in [5.41, 5.74) is 2.07. The third-order valence-electron chi connectivity index (χ3n) is 2.89. The molecular weight excluding hydrogens is 256 g/mol. The zero-order valence-electron chi connectivity index (χ0n) is 9.02.